The van der Waals surface area contributed by atoms with Crippen molar-refractivity contribution in [3.63, 3.8) is 0 Å². The SMILES string of the molecule is Cn1ccnc1SCCc1ccc(OC(=O)N2CCN(CCc3nccs3)CC2)cc1. The van der Waals surface area contributed by atoms with Gasteiger partial charge in [-0.25, -0.2) is 14.8 Å². The number of nitrogens with zero attached hydrogens (tertiary/aromatic N) is 5. The molecule has 0 saturated carbocycles. The molecule has 3 aromatic rings. The van der Waals surface area contributed by atoms with Crippen molar-refractivity contribution in [3.05, 3.63) is 58.8 Å². The quantitative estimate of drug-likeness (QED) is 0.482. The first-order chi connectivity index (χ1) is 15.2. The maximum absolute atomic E-state index is 12.5. The molecule has 0 atom stereocenters. The monoisotopic (exact) mass is 457 g/mol. The van der Waals surface area contributed by atoms with E-state index in [9.17, 15) is 4.79 Å². The van der Waals surface area contributed by atoms with E-state index in [1.54, 1.807) is 28.0 Å². The number of amides is 1. The number of aromatic nitrogens is 3. The summed E-state index contributed by atoms with van der Waals surface area (Å²) in [6.45, 7) is 4.11. The minimum absolute atomic E-state index is 0.266. The number of benzene rings is 1. The Morgan fingerprint density at radius 1 is 1.10 bits per heavy atom. The average molecular weight is 458 g/mol. The Morgan fingerprint density at radius 3 is 2.58 bits per heavy atom. The second kappa shape index (κ2) is 10.8. The number of carbonyl (C=O) groups excluding carboxylic acids is 1. The van der Waals surface area contributed by atoms with Crippen LogP contribution in [0.1, 0.15) is 10.6 Å². The van der Waals surface area contributed by atoms with Crippen molar-refractivity contribution < 1.29 is 9.53 Å². The number of thioether (sulfide) groups is 1. The highest BCUT2D eigenvalue weighted by Gasteiger charge is 2.22. The molecule has 0 bridgehead atoms. The third-order valence-electron chi connectivity index (χ3n) is 5.28. The van der Waals surface area contributed by atoms with Gasteiger partial charge in [-0.3, -0.25) is 4.90 Å². The van der Waals surface area contributed by atoms with Crippen molar-refractivity contribution in [2.75, 3.05) is 38.5 Å². The predicted molar refractivity (Wildman–Crippen MR) is 124 cm³/mol. The summed E-state index contributed by atoms with van der Waals surface area (Å²) in [6.07, 6.45) is 7.25. The van der Waals surface area contributed by atoms with Crippen LogP contribution in [0.4, 0.5) is 4.79 Å². The van der Waals surface area contributed by atoms with E-state index in [1.165, 1.54) is 10.6 Å². The fraction of sp³-hybridized carbons (Fsp3) is 0.409. The van der Waals surface area contributed by atoms with Crippen LogP contribution < -0.4 is 4.74 Å². The van der Waals surface area contributed by atoms with Crippen LogP contribution in [0, 0.1) is 0 Å². The number of ether oxygens (including phenoxy) is 1. The van der Waals surface area contributed by atoms with Crippen molar-refractivity contribution in [1.29, 1.82) is 0 Å². The van der Waals surface area contributed by atoms with Crippen LogP contribution in [-0.4, -0.2) is 68.9 Å². The number of thiazole rings is 1. The molecule has 2 aromatic heterocycles. The van der Waals surface area contributed by atoms with Crippen LogP contribution in [0.25, 0.3) is 0 Å². The molecule has 0 unspecified atom stereocenters. The first kappa shape index (κ1) is 21.9. The lowest BCUT2D eigenvalue weighted by atomic mass is 10.2. The minimum atomic E-state index is -0.266. The molecule has 0 N–H and O–H groups in total. The summed E-state index contributed by atoms with van der Waals surface area (Å²) in [5.74, 6) is 1.55. The zero-order valence-corrected chi connectivity index (χ0v) is 19.3. The Balaban J connectivity index is 1.17. The fourth-order valence-corrected chi connectivity index (χ4v) is 4.95. The zero-order valence-electron chi connectivity index (χ0n) is 17.6. The summed E-state index contributed by atoms with van der Waals surface area (Å²) in [7, 11) is 2.00. The molecule has 31 heavy (non-hydrogen) atoms. The number of carbonyl (C=O) groups is 1. The second-order valence-electron chi connectivity index (χ2n) is 7.44. The summed E-state index contributed by atoms with van der Waals surface area (Å²) in [6, 6.07) is 7.81. The Hall–Kier alpha value is -2.36. The minimum Gasteiger partial charge on any atom is -0.410 e. The molecule has 3 heterocycles. The lowest BCUT2D eigenvalue weighted by Gasteiger charge is -2.33. The van der Waals surface area contributed by atoms with Crippen molar-refractivity contribution >= 4 is 29.2 Å². The van der Waals surface area contributed by atoms with Crippen molar-refractivity contribution in [3.8, 4) is 5.75 Å². The predicted octanol–water partition coefficient (Wildman–Crippen LogP) is 3.57. The molecule has 4 rings (SSSR count). The van der Waals surface area contributed by atoms with Crippen LogP contribution in [0.15, 0.2) is 53.4 Å². The van der Waals surface area contributed by atoms with E-state index in [-0.39, 0.29) is 6.09 Å². The van der Waals surface area contributed by atoms with Gasteiger partial charge in [0.05, 0.1) is 5.01 Å². The normalized spacial score (nSPS) is 14.7. The molecule has 1 saturated heterocycles. The van der Waals surface area contributed by atoms with Crippen molar-refractivity contribution in [2.45, 2.75) is 18.0 Å². The Bertz CT molecular complexity index is 951. The lowest BCUT2D eigenvalue weighted by Crippen LogP contribution is -2.49. The van der Waals surface area contributed by atoms with E-state index in [0.29, 0.717) is 18.8 Å². The molecule has 1 aliphatic heterocycles. The van der Waals surface area contributed by atoms with Gasteiger partial charge in [-0.1, -0.05) is 23.9 Å². The van der Waals surface area contributed by atoms with Gasteiger partial charge in [0.1, 0.15) is 5.75 Å². The number of hydrogen-bond acceptors (Lipinski definition) is 7. The second-order valence-corrected chi connectivity index (χ2v) is 9.48. The van der Waals surface area contributed by atoms with Gasteiger partial charge in [0.15, 0.2) is 5.16 Å². The molecule has 9 heteroatoms. The Kier molecular flexibility index (Phi) is 7.61. The molecule has 0 aliphatic carbocycles. The number of imidazole rings is 1. The van der Waals surface area contributed by atoms with E-state index in [2.05, 4.69) is 14.9 Å². The van der Waals surface area contributed by atoms with Crippen molar-refractivity contribution in [2.24, 2.45) is 7.05 Å². The van der Waals surface area contributed by atoms with Gasteiger partial charge in [0, 0.05) is 75.9 Å². The summed E-state index contributed by atoms with van der Waals surface area (Å²) in [4.78, 5) is 25.3. The summed E-state index contributed by atoms with van der Waals surface area (Å²) < 4.78 is 7.61. The Morgan fingerprint density at radius 2 is 1.90 bits per heavy atom. The van der Waals surface area contributed by atoms with Gasteiger partial charge < -0.3 is 14.2 Å². The number of rotatable bonds is 8. The average Bonchev–Trinajstić information content (AvgIpc) is 3.46. The van der Waals surface area contributed by atoms with E-state index < -0.39 is 0 Å². The first-order valence-corrected chi connectivity index (χ1v) is 12.3. The maximum Gasteiger partial charge on any atom is 0.415 e. The number of aryl methyl sites for hydroxylation is 2. The van der Waals surface area contributed by atoms with E-state index in [4.69, 9.17) is 4.74 Å². The van der Waals surface area contributed by atoms with Gasteiger partial charge in [0.2, 0.25) is 0 Å². The van der Waals surface area contributed by atoms with Crippen LogP contribution in [0.3, 0.4) is 0 Å². The molecule has 164 valence electrons. The highest BCUT2D eigenvalue weighted by Crippen LogP contribution is 2.19. The van der Waals surface area contributed by atoms with E-state index >= 15 is 0 Å². The van der Waals surface area contributed by atoms with Crippen LogP contribution in [-0.2, 0) is 19.9 Å². The van der Waals surface area contributed by atoms with E-state index in [0.717, 1.165) is 43.4 Å². The van der Waals surface area contributed by atoms with Gasteiger partial charge in [0.25, 0.3) is 0 Å². The molecule has 1 aliphatic rings. The van der Waals surface area contributed by atoms with Crippen LogP contribution >= 0.6 is 23.1 Å². The summed E-state index contributed by atoms with van der Waals surface area (Å²) in [5.41, 5.74) is 1.22. The smallest absolute Gasteiger partial charge is 0.410 e. The van der Waals surface area contributed by atoms with E-state index in [1.807, 2.05) is 59.9 Å². The molecule has 1 amide bonds. The van der Waals surface area contributed by atoms with Crippen molar-refractivity contribution in [1.82, 2.24) is 24.3 Å². The molecule has 0 spiro atoms. The summed E-state index contributed by atoms with van der Waals surface area (Å²) in [5, 5.41) is 4.20. The zero-order chi connectivity index (χ0) is 21.5. The van der Waals surface area contributed by atoms with Gasteiger partial charge in [-0.05, 0) is 24.1 Å². The number of hydrogen-bond donors (Lipinski definition) is 0. The molecule has 1 aromatic carbocycles. The molecular formula is C22H27N5O2S2. The van der Waals surface area contributed by atoms with Crippen LogP contribution in [0.5, 0.6) is 5.75 Å². The lowest BCUT2D eigenvalue weighted by molar-refractivity contribution is 0.111. The third kappa shape index (κ3) is 6.32. The third-order valence-corrected chi connectivity index (χ3v) is 7.18. The molecule has 0 radical (unpaired) electrons. The van der Waals surface area contributed by atoms with Gasteiger partial charge >= 0.3 is 6.09 Å². The molecule has 1 fully saturated rings. The standard InChI is InChI=1S/C22H27N5O2S2/c1-25-11-8-24-21(25)31-16-7-18-2-4-19(5-3-18)29-22(28)27-14-12-26(13-15-27)10-6-20-23-9-17-30-20/h2-5,8-9,11,17H,6-7,10,12-16H2,1H3. The molecule has 7 nitrogen and oxygen atoms in total. The van der Waals surface area contributed by atoms with Crippen LogP contribution in [0.2, 0.25) is 0 Å². The highest BCUT2D eigenvalue weighted by atomic mass is 32.2. The fourth-order valence-electron chi connectivity index (χ4n) is 3.42. The Labute approximate surface area is 191 Å². The largest absolute Gasteiger partial charge is 0.415 e. The molecular weight excluding hydrogens is 430 g/mol. The first-order valence-electron chi connectivity index (χ1n) is 10.4. The van der Waals surface area contributed by atoms with Gasteiger partial charge in [-0.15, -0.1) is 11.3 Å². The maximum atomic E-state index is 12.5. The topological polar surface area (TPSA) is 63.5 Å². The van der Waals surface area contributed by atoms with Gasteiger partial charge in [-0.2, -0.15) is 0 Å². The number of piperazine rings is 1. The summed E-state index contributed by atoms with van der Waals surface area (Å²) >= 11 is 3.43. The highest BCUT2D eigenvalue weighted by molar-refractivity contribution is 7.99.